The van der Waals surface area contributed by atoms with E-state index in [0.29, 0.717) is 24.3 Å². The van der Waals surface area contributed by atoms with Gasteiger partial charge in [0.1, 0.15) is 0 Å². The van der Waals surface area contributed by atoms with Crippen LogP contribution in [0.1, 0.15) is 31.2 Å². The van der Waals surface area contributed by atoms with E-state index < -0.39 is 11.7 Å². The van der Waals surface area contributed by atoms with Crippen LogP contribution in [-0.2, 0) is 6.42 Å². The molecule has 0 radical (unpaired) electrons. The van der Waals surface area contributed by atoms with Crippen molar-refractivity contribution < 1.29 is 10.2 Å². The van der Waals surface area contributed by atoms with Gasteiger partial charge in [-0.15, -0.1) is 0 Å². The highest BCUT2D eigenvalue weighted by molar-refractivity contribution is 9.10. The first-order chi connectivity index (χ1) is 8.01. The van der Waals surface area contributed by atoms with E-state index in [9.17, 15) is 10.2 Å². The summed E-state index contributed by atoms with van der Waals surface area (Å²) in [7, 11) is 0. The van der Waals surface area contributed by atoms with Crippen LogP contribution in [0.5, 0.6) is 0 Å². The highest BCUT2D eigenvalue weighted by Gasteiger charge is 2.38. The number of hydrogen-bond acceptors (Lipinski definition) is 2. The molecule has 0 saturated heterocycles. The van der Waals surface area contributed by atoms with E-state index in [2.05, 4.69) is 15.9 Å². The molecule has 1 aliphatic rings. The summed E-state index contributed by atoms with van der Waals surface area (Å²) in [5.41, 5.74) is -0.0427. The molecular weight excluding hydrogens is 303 g/mol. The molecule has 2 nitrogen and oxygen atoms in total. The lowest BCUT2D eigenvalue weighted by Crippen LogP contribution is -2.40. The molecule has 1 unspecified atom stereocenters. The molecular formula is C13H16BrClO2. The summed E-state index contributed by atoms with van der Waals surface area (Å²) in [6.07, 6.45) is 3.01. The number of aliphatic hydroxyl groups excluding tert-OH is 1. The lowest BCUT2D eigenvalue weighted by molar-refractivity contribution is -0.0689. The molecule has 1 fully saturated rings. The Balaban J connectivity index is 2.10. The van der Waals surface area contributed by atoms with E-state index in [1.54, 1.807) is 0 Å². The molecule has 1 atom stereocenters. The van der Waals surface area contributed by atoms with Gasteiger partial charge in [0.2, 0.25) is 0 Å². The summed E-state index contributed by atoms with van der Waals surface area (Å²) in [6, 6.07) is 5.59. The second kappa shape index (κ2) is 5.27. The zero-order valence-corrected chi connectivity index (χ0v) is 11.8. The molecule has 1 aromatic carbocycles. The maximum absolute atomic E-state index is 10.3. The summed E-state index contributed by atoms with van der Waals surface area (Å²) in [5, 5.41) is 21.0. The Bertz CT molecular complexity index is 402. The molecule has 1 aliphatic carbocycles. The lowest BCUT2D eigenvalue weighted by atomic mass is 9.90. The number of hydrogen-bond donors (Lipinski definition) is 2. The van der Waals surface area contributed by atoms with Gasteiger partial charge in [-0.3, -0.25) is 0 Å². The van der Waals surface area contributed by atoms with Gasteiger partial charge in [0.15, 0.2) is 0 Å². The first kappa shape index (κ1) is 13.3. The van der Waals surface area contributed by atoms with E-state index in [4.69, 9.17) is 11.6 Å². The maximum Gasteiger partial charge on any atom is 0.0908 e. The van der Waals surface area contributed by atoms with Crippen molar-refractivity contribution in [2.45, 2.75) is 43.8 Å². The van der Waals surface area contributed by atoms with Gasteiger partial charge in [0.05, 0.1) is 11.7 Å². The van der Waals surface area contributed by atoms with Gasteiger partial charge < -0.3 is 10.2 Å². The van der Waals surface area contributed by atoms with Crippen LogP contribution < -0.4 is 0 Å². The van der Waals surface area contributed by atoms with E-state index in [0.717, 1.165) is 22.9 Å². The first-order valence-electron chi connectivity index (χ1n) is 5.86. The zero-order chi connectivity index (χ0) is 12.5. The Hall–Kier alpha value is -0.0900. The van der Waals surface area contributed by atoms with Crippen molar-refractivity contribution in [3.8, 4) is 0 Å². The van der Waals surface area contributed by atoms with Crippen LogP contribution in [0, 0.1) is 0 Å². The highest BCUT2D eigenvalue weighted by atomic mass is 79.9. The Labute approximate surface area is 115 Å². The van der Waals surface area contributed by atoms with E-state index in [1.165, 1.54) is 0 Å². The van der Waals surface area contributed by atoms with Gasteiger partial charge in [-0.05, 0) is 30.5 Å². The van der Waals surface area contributed by atoms with E-state index >= 15 is 0 Å². The van der Waals surface area contributed by atoms with Crippen LogP contribution in [0.25, 0.3) is 0 Å². The van der Waals surface area contributed by atoms with Crippen molar-refractivity contribution in [2.24, 2.45) is 0 Å². The Morgan fingerprint density at radius 3 is 2.59 bits per heavy atom. The van der Waals surface area contributed by atoms with Crippen LogP contribution in [0.2, 0.25) is 5.02 Å². The predicted molar refractivity (Wildman–Crippen MR) is 72.3 cm³/mol. The molecule has 0 aromatic heterocycles. The van der Waals surface area contributed by atoms with Crippen LogP contribution in [-0.4, -0.2) is 21.9 Å². The smallest absolute Gasteiger partial charge is 0.0908 e. The number of aliphatic hydroxyl groups is 2. The van der Waals surface area contributed by atoms with E-state index in [1.807, 2.05) is 18.2 Å². The topological polar surface area (TPSA) is 40.5 Å². The van der Waals surface area contributed by atoms with Gasteiger partial charge in [0.25, 0.3) is 0 Å². The van der Waals surface area contributed by atoms with Crippen LogP contribution in [0.4, 0.5) is 0 Å². The number of rotatable bonds is 3. The van der Waals surface area contributed by atoms with Crippen LogP contribution >= 0.6 is 27.5 Å². The fourth-order valence-electron chi connectivity index (χ4n) is 2.41. The van der Waals surface area contributed by atoms with Crippen molar-refractivity contribution in [2.75, 3.05) is 0 Å². The molecule has 0 aliphatic heterocycles. The maximum atomic E-state index is 10.3. The van der Waals surface area contributed by atoms with Crippen molar-refractivity contribution >= 4 is 27.5 Å². The van der Waals surface area contributed by atoms with Crippen LogP contribution in [0.3, 0.4) is 0 Å². The Morgan fingerprint density at radius 2 is 2.00 bits per heavy atom. The molecule has 2 N–H and O–H groups in total. The van der Waals surface area contributed by atoms with E-state index in [-0.39, 0.29) is 0 Å². The first-order valence-corrected chi connectivity index (χ1v) is 7.03. The third kappa shape index (κ3) is 3.02. The molecule has 0 heterocycles. The predicted octanol–water partition coefficient (Wildman–Crippen LogP) is 3.31. The second-order valence-electron chi connectivity index (χ2n) is 4.77. The average Bonchev–Trinajstić information content (AvgIpc) is 2.71. The molecule has 1 saturated carbocycles. The summed E-state index contributed by atoms with van der Waals surface area (Å²) < 4.78 is 0.917. The third-order valence-electron chi connectivity index (χ3n) is 3.52. The molecule has 1 aromatic rings. The fraction of sp³-hybridized carbons (Fsp3) is 0.538. The summed E-state index contributed by atoms with van der Waals surface area (Å²) in [5.74, 6) is 0. The minimum atomic E-state index is -0.920. The van der Waals surface area contributed by atoms with Crippen molar-refractivity contribution in [3.05, 3.63) is 33.3 Å². The van der Waals surface area contributed by atoms with Gasteiger partial charge in [0, 0.05) is 15.9 Å². The Morgan fingerprint density at radius 1 is 1.35 bits per heavy atom. The zero-order valence-electron chi connectivity index (χ0n) is 9.50. The summed E-state index contributed by atoms with van der Waals surface area (Å²) in [4.78, 5) is 0. The highest BCUT2D eigenvalue weighted by Crippen LogP contribution is 2.34. The Kier molecular flexibility index (Phi) is 4.14. The van der Waals surface area contributed by atoms with Crippen LogP contribution in [0.15, 0.2) is 22.7 Å². The largest absolute Gasteiger partial charge is 0.390 e. The minimum absolute atomic E-state index is 0.405. The minimum Gasteiger partial charge on any atom is -0.390 e. The molecule has 0 spiro atoms. The summed E-state index contributed by atoms with van der Waals surface area (Å²) >= 11 is 9.45. The number of halogens is 2. The standard InChI is InChI=1S/C13H16BrClO2/c14-10-4-3-9(11(15)8-10)7-12(16)13(17)5-1-2-6-13/h3-4,8,12,16-17H,1-2,5-7H2. The normalized spacial score (nSPS) is 20.5. The average molecular weight is 320 g/mol. The lowest BCUT2D eigenvalue weighted by Gasteiger charge is -2.28. The van der Waals surface area contributed by atoms with Gasteiger partial charge in [-0.1, -0.05) is 46.4 Å². The molecule has 94 valence electrons. The quantitative estimate of drug-likeness (QED) is 0.897. The van der Waals surface area contributed by atoms with Crippen molar-refractivity contribution in [1.82, 2.24) is 0 Å². The molecule has 0 bridgehead atoms. The molecule has 4 heteroatoms. The third-order valence-corrected chi connectivity index (χ3v) is 4.36. The molecule has 0 amide bonds. The molecule has 2 rings (SSSR count). The van der Waals surface area contributed by atoms with Crippen molar-refractivity contribution in [1.29, 1.82) is 0 Å². The van der Waals surface area contributed by atoms with Gasteiger partial charge in [-0.25, -0.2) is 0 Å². The monoisotopic (exact) mass is 318 g/mol. The van der Waals surface area contributed by atoms with Gasteiger partial charge >= 0.3 is 0 Å². The second-order valence-corrected chi connectivity index (χ2v) is 6.09. The van der Waals surface area contributed by atoms with Crippen molar-refractivity contribution in [3.63, 3.8) is 0 Å². The molecule has 17 heavy (non-hydrogen) atoms. The number of benzene rings is 1. The van der Waals surface area contributed by atoms with Gasteiger partial charge in [-0.2, -0.15) is 0 Å². The summed E-state index contributed by atoms with van der Waals surface area (Å²) in [6.45, 7) is 0. The fourth-order valence-corrected chi connectivity index (χ4v) is 3.16. The SMILES string of the molecule is OC(Cc1ccc(Br)cc1Cl)C1(O)CCCC1.